The van der Waals surface area contributed by atoms with Crippen LogP contribution in [0.1, 0.15) is 29.4 Å². The molecule has 2 N–H and O–H groups in total. The van der Waals surface area contributed by atoms with Gasteiger partial charge in [-0.3, -0.25) is 4.79 Å². The van der Waals surface area contributed by atoms with E-state index >= 15 is 0 Å². The number of nitrogens with zero attached hydrogens (tertiary/aromatic N) is 2. The first-order valence-corrected chi connectivity index (χ1v) is 8.89. The van der Waals surface area contributed by atoms with Crippen molar-refractivity contribution in [3.63, 3.8) is 0 Å². The maximum Gasteiger partial charge on any atom is 0.346 e. The van der Waals surface area contributed by atoms with Gasteiger partial charge in [0.2, 0.25) is 0 Å². The lowest BCUT2D eigenvalue weighted by molar-refractivity contribution is 0.0949. The Hall–Kier alpha value is -3.74. The lowest BCUT2D eigenvalue weighted by Gasteiger charge is -2.07. The minimum Gasteiger partial charge on any atom is -0.493 e. The molecular formula is C21H20N4O3. The Morgan fingerprint density at radius 3 is 2.71 bits per heavy atom. The molecule has 0 fully saturated rings. The molecule has 142 valence electrons. The van der Waals surface area contributed by atoms with Crippen LogP contribution in [-0.4, -0.2) is 28.7 Å². The summed E-state index contributed by atoms with van der Waals surface area (Å²) in [6.07, 6.45) is 2.39. The van der Waals surface area contributed by atoms with Crippen LogP contribution in [0.15, 0.2) is 70.6 Å². The number of hydrogen-bond acceptors (Lipinski definition) is 5. The second-order valence-corrected chi connectivity index (χ2v) is 5.94. The SMILES string of the molecule is CCCOc1ccccc1/C=N/NC(=O)c1cc(-c2ccccc2)nc(=O)[nH]1. The monoisotopic (exact) mass is 376 g/mol. The zero-order valence-electron chi connectivity index (χ0n) is 15.4. The molecule has 7 heteroatoms. The van der Waals surface area contributed by atoms with E-state index in [-0.39, 0.29) is 5.69 Å². The summed E-state index contributed by atoms with van der Waals surface area (Å²) in [4.78, 5) is 30.5. The largest absolute Gasteiger partial charge is 0.493 e. The number of hydrazone groups is 1. The number of carbonyl (C=O) groups excluding carboxylic acids is 1. The van der Waals surface area contributed by atoms with Crippen LogP contribution in [-0.2, 0) is 0 Å². The van der Waals surface area contributed by atoms with Crippen molar-refractivity contribution in [1.29, 1.82) is 0 Å². The standard InChI is InChI=1S/C21H20N4O3/c1-2-12-28-19-11-7-6-10-16(19)14-22-25-20(26)18-13-17(23-21(27)24-18)15-8-4-3-5-9-15/h3-11,13-14H,2,12H2,1H3,(H,25,26)(H,23,24,27)/b22-14+. The first-order valence-electron chi connectivity index (χ1n) is 8.89. The average molecular weight is 376 g/mol. The van der Waals surface area contributed by atoms with Crippen molar-refractivity contribution in [2.45, 2.75) is 13.3 Å². The molecule has 0 aliphatic heterocycles. The third kappa shape index (κ3) is 4.91. The predicted molar refractivity (Wildman–Crippen MR) is 108 cm³/mol. The number of carbonyl (C=O) groups is 1. The Balaban J connectivity index is 1.75. The van der Waals surface area contributed by atoms with Gasteiger partial charge in [0.1, 0.15) is 11.4 Å². The van der Waals surface area contributed by atoms with Crippen molar-refractivity contribution in [3.05, 3.63) is 82.4 Å². The molecule has 0 saturated carbocycles. The minimum absolute atomic E-state index is 0.0755. The van der Waals surface area contributed by atoms with Gasteiger partial charge in [-0.15, -0.1) is 0 Å². The molecule has 0 aliphatic rings. The van der Waals surface area contributed by atoms with Gasteiger partial charge in [-0.25, -0.2) is 10.2 Å². The topological polar surface area (TPSA) is 96.4 Å². The van der Waals surface area contributed by atoms with Gasteiger partial charge < -0.3 is 9.72 Å². The number of aromatic nitrogens is 2. The van der Waals surface area contributed by atoms with Gasteiger partial charge >= 0.3 is 5.69 Å². The molecule has 0 unspecified atom stereocenters. The van der Waals surface area contributed by atoms with Gasteiger partial charge in [0.15, 0.2) is 0 Å². The normalized spacial score (nSPS) is 10.8. The maximum absolute atomic E-state index is 12.4. The highest BCUT2D eigenvalue weighted by atomic mass is 16.5. The fourth-order valence-corrected chi connectivity index (χ4v) is 2.49. The summed E-state index contributed by atoms with van der Waals surface area (Å²) in [6, 6.07) is 18.1. The van der Waals surface area contributed by atoms with E-state index in [4.69, 9.17) is 4.74 Å². The summed E-state index contributed by atoms with van der Waals surface area (Å²) >= 11 is 0. The highest BCUT2D eigenvalue weighted by Crippen LogP contribution is 2.16. The lowest BCUT2D eigenvalue weighted by Crippen LogP contribution is -2.24. The van der Waals surface area contributed by atoms with E-state index in [1.807, 2.05) is 61.5 Å². The summed E-state index contributed by atoms with van der Waals surface area (Å²) in [6.45, 7) is 2.62. The Kier molecular flexibility index (Phi) is 6.30. The van der Waals surface area contributed by atoms with Crippen LogP contribution in [0.3, 0.4) is 0 Å². The number of ether oxygens (including phenoxy) is 1. The predicted octanol–water partition coefficient (Wildman–Crippen LogP) is 2.99. The number of nitrogens with one attached hydrogen (secondary N) is 2. The lowest BCUT2D eigenvalue weighted by atomic mass is 10.1. The maximum atomic E-state index is 12.4. The number of benzene rings is 2. The number of aromatic amines is 1. The Morgan fingerprint density at radius 1 is 1.18 bits per heavy atom. The molecule has 7 nitrogen and oxygen atoms in total. The first kappa shape index (κ1) is 19.0. The molecule has 0 atom stereocenters. The van der Waals surface area contributed by atoms with E-state index < -0.39 is 11.6 Å². The summed E-state index contributed by atoms with van der Waals surface area (Å²) in [5.41, 5.74) is 3.78. The van der Waals surface area contributed by atoms with Gasteiger partial charge in [0.05, 0.1) is 18.5 Å². The number of amides is 1. The first-order chi connectivity index (χ1) is 13.7. The quantitative estimate of drug-likeness (QED) is 0.489. The van der Waals surface area contributed by atoms with Crippen LogP contribution in [0.5, 0.6) is 5.75 Å². The molecule has 0 spiro atoms. The van der Waals surface area contributed by atoms with Crippen molar-refractivity contribution in [2.24, 2.45) is 5.10 Å². The molecule has 2 aromatic carbocycles. The number of hydrogen-bond donors (Lipinski definition) is 2. The molecule has 0 saturated heterocycles. The van der Waals surface area contributed by atoms with Gasteiger partial charge in [0, 0.05) is 11.1 Å². The van der Waals surface area contributed by atoms with Crippen LogP contribution < -0.4 is 15.9 Å². The second kappa shape index (κ2) is 9.27. The zero-order chi connectivity index (χ0) is 19.8. The van der Waals surface area contributed by atoms with Crippen LogP contribution >= 0.6 is 0 Å². The van der Waals surface area contributed by atoms with E-state index in [0.29, 0.717) is 18.1 Å². The van der Waals surface area contributed by atoms with Crippen molar-refractivity contribution in [3.8, 4) is 17.0 Å². The van der Waals surface area contributed by atoms with Crippen LogP contribution in [0.2, 0.25) is 0 Å². The van der Waals surface area contributed by atoms with E-state index in [2.05, 4.69) is 20.5 Å². The van der Waals surface area contributed by atoms with Gasteiger partial charge in [-0.1, -0.05) is 49.4 Å². The number of rotatable bonds is 7. The highest BCUT2D eigenvalue weighted by molar-refractivity contribution is 5.94. The molecule has 0 aliphatic carbocycles. The van der Waals surface area contributed by atoms with Crippen molar-refractivity contribution in [1.82, 2.24) is 15.4 Å². The van der Waals surface area contributed by atoms with Crippen LogP contribution in [0, 0.1) is 0 Å². The molecule has 3 rings (SSSR count). The molecule has 1 amide bonds. The molecule has 3 aromatic rings. The number of H-pyrrole nitrogens is 1. The number of para-hydroxylation sites is 1. The molecule has 0 bridgehead atoms. The van der Waals surface area contributed by atoms with Gasteiger partial charge in [-0.05, 0) is 24.6 Å². The fourth-order valence-electron chi connectivity index (χ4n) is 2.49. The van der Waals surface area contributed by atoms with E-state index in [1.165, 1.54) is 12.3 Å². The summed E-state index contributed by atoms with van der Waals surface area (Å²) in [5, 5.41) is 3.97. The van der Waals surface area contributed by atoms with Gasteiger partial charge in [0.25, 0.3) is 5.91 Å². The Morgan fingerprint density at radius 2 is 1.93 bits per heavy atom. The Bertz CT molecular complexity index is 1030. The third-order valence-electron chi connectivity index (χ3n) is 3.81. The molecular weight excluding hydrogens is 356 g/mol. The van der Waals surface area contributed by atoms with Gasteiger partial charge in [-0.2, -0.15) is 10.1 Å². The summed E-state index contributed by atoms with van der Waals surface area (Å²) in [7, 11) is 0. The zero-order valence-corrected chi connectivity index (χ0v) is 15.4. The fraction of sp³-hybridized carbons (Fsp3) is 0.143. The summed E-state index contributed by atoms with van der Waals surface area (Å²) in [5.74, 6) is 0.144. The Labute approximate surface area is 162 Å². The van der Waals surface area contributed by atoms with E-state index in [1.54, 1.807) is 0 Å². The minimum atomic E-state index is -0.603. The smallest absolute Gasteiger partial charge is 0.346 e. The third-order valence-corrected chi connectivity index (χ3v) is 3.81. The molecule has 1 heterocycles. The van der Waals surface area contributed by atoms with Crippen molar-refractivity contribution >= 4 is 12.1 Å². The molecule has 1 aromatic heterocycles. The van der Waals surface area contributed by atoms with Crippen LogP contribution in [0.4, 0.5) is 0 Å². The highest BCUT2D eigenvalue weighted by Gasteiger charge is 2.10. The van der Waals surface area contributed by atoms with E-state index in [0.717, 1.165) is 17.5 Å². The molecule has 0 radical (unpaired) electrons. The van der Waals surface area contributed by atoms with Crippen LogP contribution in [0.25, 0.3) is 11.3 Å². The van der Waals surface area contributed by atoms with E-state index in [9.17, 15) is 9.59 Å². The second-order valence-electron chi connectivity index (χ2n) is 5.94. The summed E-state index contributed by atoms with van der Waals surface area (Å²) < 4.78 is 5.65. The average Bonchev–Trinajstić information content (AvgIpc) is 2.73. The van der Waals surface area contributed by atoms with Crippen molar-refractivity contribution < 1.29 is 9.53 Å². The molecule has 28 heavy (non-hydrogen) atoms. The van der Waals surface area contributed by atoms with Crippen molar-refractivity contribution in [2.75, 3.05) is 6.61 Å².